The Labute approximate surface area is 68.9 Å². The van der Waals surface area contributed by atoms with Crippen LogP contribution in [0.5, 0.6) is 0 Å². The third-order valence-corrected chi connectivity index (χ3v) is 4.06. The fourth-order valence-electron chi connectivity index (χ4n) is 0.775. The molecule has 0 aromatic carbocycles. The van der Waals surface area contributed by atoms with Crippen molar-refractivity contribution in [3.8, 4) is 0 Å². The van der Waals surface area contributed by atoms with Crippen LogP contribution in [0.15, 0.2) is 0 Å². The van der Waals surface area contributed by atoms with E-state index in [2.05, 4.69) is 0 Å². The molecule has 0 bridgehead atoms. The molecular weight excluding hydrogens is 162 g/mol. The van der Waals surface area contributed by atoms with Gasteiger partial charge in [0.1, 0.15) is 0 Å². The number of hydrogen-bond acceptors (Lipinski definition) is 3. The Hall–Kier alpha value is -0.0900. The summed E-state index contributed by atoms with van der Waals surface area (Å²) in [5, 5.41) is -0.398. The van der Waals surface area contributed by atoms with Crippen LogP contribution < -0.4 is 5.73 Å². The number of nitrogens with two attached hydrogens (primary N) is 1. The van der Waals surface area contributed by atoms with E-state index in [4.69, 9.17) is 5.73 Å². The van der Waals surface area contributed by atoms with Crippen molar-refractivity contribution in [3.05, 3.63) is 0 Å². The molecule has 0 aliphatic carbocycles. The molecule has 0 aliphatic rings. The molecule has 0 rings (SSSR count). The Kier molecular flexibility index (Phi) is 4.03. The van der Waals surface area contributed by atoms with E-state index in [-0.39, 0.29) is 18.2 Å². The average Bonchev–Trinajstić information content (AvgIpc) is 1.83. The summed E-state index contributed by atoms with van der Waals surface area (Å²) in [7, 11) is -2.93. The Morgan fingerprint density at radius 2 is 1.73 bits per heavy atom. The molecule has 0 saturated carbocycles. The molecule has 68 valence electrons. The summed E-state index contributed by atoms with van der Waals surface area (Å²) in [4.78, 5) is 0. The number of hydrogen-bond donors (Lipinski definition) is 1. The maximum absolute atomic E-state index is 11.3. The third-order valence-electron chi connectivity index (χ3n) is 1.51. The predicted octanol–water partition coefficient (Wildman–Crippen LogP) is 0.404. The number of rotatable bonds is 4. The van der Waals surface area contributed by atoms with Crippen LogP contribution in [-0.2, 0) is 9.84 Å². The van der Waals surface area contributed by atoms with Crippen molar-refractivity contribution < 1.29 is 8.42 Å². The zero-order valence-corrected chi connectivity index (χ0v) is 8.19. The molecule has 2 N–H and O–H groups in total. The van der Waals surface area contributed by atoms with E-state index in [1.54, 1.807) is 6.92 Å². The van der Waals surface area contributed by atoms with Gasteiger partial charge in [-0.3, -0.25) is 0 Å². The quantitative estimate of drug-likeness (QED) is 0.679. The van der Waals surface area contributed by atoms with Gasteiger partial charge < -0.3 is 5.73 Å². The Morgan fingerprint density at radius 1 is 1.27 bits per heavy atom. The van der Waals surface area contributed by atoms with Crippen molar-refractivity contribution in [2.75, 3.05) is 12.3 Å². The van der Waals surface area contributed by atoms with Crippen molar-refractivity contribution >= 4 is 9.84 Å². The van der Waals surface area contributed by atoms with Gasteiger partial charge in [-0.2, -0.15) is 0 Å². The van der Waals surface area contributed by atoms with Crippen LogP contribution in [0, 0.1) is 5.92 Å². The summed E-state index contributed by atoms with van der Waals surface area (Å²) < 4.78 is 22.6. The van der Waals surface area contributed by atoms with Gasteiger partial charge in [0.2, 0.25) is 0 Å². The predicted molar refractivity (Wildman–Crippen MR) is 47.1 cm³/mol. The molecule has 1 atom stereocenters. The van der Waals surface area contributed by atoms with Gasteiger partial charge in [-0.25, -0.2) is 8.42 Å². The first-order valence-electron chi connectivity index (χ1n) is 3.81. The molecule has 0 spiro atoms. The summed E-state index contributed by atoms with van der Waals surface area (Å²) in [6.07, 6.45) is 0. The van der Waals surface area contributed by atoms with E-state index >= 15 is 0 Å². The molecule has 0 aliphatic heterocycles. The smallest absolute Gasteiger partial charge is 0.154 e. The summed E-state index contributed by atoms with van der Waals surface area (Å²) in [5.74, 6) is 0.430. The van der Waals surface area contributed by atoms with Crippen molar-refractivity contribution in [1.82, 2.24) is 0 Å². The highest BCUT2D eigenvalue weighted by atomic mass is 32.2. The summed E-state index contributed by atoms with van der Waals surface area (Å²) >= 11 is 0. The third kappa shape index (κ3) is 3.72. The molecule has 0 radical (unpaired) electrons. The summed E-state index contributed by atoms with van der Waals surface area (Å²) in [6, 6.07) is 0. The summed E-state index contributed by atoms with van der Waals surface area (Å²) in [6.45, 7) is 5.65. The minimum atomic E-state index is -2.93. The van der Waals surface area contributed by atoms with Gasteiger partial charge in [0, 0.05) is 6.54 Å². The van der Waals surface area contributed by atoms with E-state index in [1.807, 2.05) is 13.8 Å². The van der Waals surface area contributed by atoms with Crippen LogP contribution >= 0.6 is 0 Å². The Balaban J connectivity index is 4.23. The zero-order valence-electron chi connectivity index (χ0n) is 7.37. The molecule has 0 aromatic heterocycles. The van der Waals surface area contributed by atoms with Gasteiger partial charge in [-0.1, -0.05) is 13.8 Å². The van der Waals surface area contributed by atoms with E-state index in [0.717, 1.165) is 0 Å². The minimum Gasteiger partial charge on any atom is -0.329 e. The standard InChI is InChI=1S/C7H17NO2S/c1-6(2)5-11(9,10)7(3)4-8/h6-7H,4-5,8H2,1-3H3. The highest BCUT2D eigenvalue weighted by Gasteiger charge is 2.19. The molecule has 0 saturated heterocycles. The fraction of sp³-hybridized carbons (Fsp3) is 1.00. The van der Waals surface area contributed by atoms with E-state index in [0.29, 0.717) is 0 Å². The first-order chi connectivity index (χ1) is 4.90. The van der Waals surface area contributed by atoms with E-state index in [9.17, 15) is 8.42 Å². The van der Waals surface area contributed by atoms with Gasteiger partial charge in [0.05, 0.1) is 11.0 Å². The Morgan fingerprint density at radius 3 is 2.00 bits per heavy atom. The van der Waals surface area contributed by atoms with E-state index < -0.39 is 15.1 Å². The van der Waals surface area contributed by atoms with Crippen molar-refractivity contribution in [2.45, 2.75) is 26.0 Å². The molecular formula is C7H17NO2S. The maximum atomic E-state index is 11.3. The van der Waals surface area contributed by atoms with E-state index in [1.165, 1.54) is 0 Å². The molecule has 3 nitrogen and oxygen atoms in total. The largest absolute Gasteiger partial charge is 0.329 e. The van der Waals surface area contributed by atoms with Gasteiger partial charge in [0.15, 0.2) is 9.84 Å². The maximum Gasteiger partial charge on any atom is 0.154 e. The molecule has 0 amide bonds. The van der Waals surface area contributed by atoms with Gasteiger partial charge in [-0.05, 0) is 12.8 Å². The topological polar surface area (TPSA) is 60.2 Å². The normalized spacial score (nSPS) is 15.4. The van der Waals surface area contributed by atoms with Crippen molar-refractivity contribution in [3.63, 3.8) is 0 Å². The lowest BCUT2D eigenvalue weighted by Gasteiger charge is -2.11. The Bertz CT molecular complexity index is 196. The van der Waals surface area contributed by atoms with Crippen molar-refractivity contribution in [2.24, 2.45) is 11.7 Å². The lowest BCUT2D eigenvalue weighted by atomic mass is 10.3. The molecule has 0 fully saturated rings. The second-order valence-corrected chi connectivity index (χ2v) is 5.73. The zero-order chi connectivity index (χ0) is 9.07. The SMILES string of the molecule is CC(C)CS(=O)(=O)C(C)CN. The first-order valence-corrected chi connectivity index (χ1v) is 5.53. The molecule has 0 aromatic rings. The van der Waals surface area contributed by atoms with Crippen LogP contribution in [0.2, 0.25) is 0 Å². The van der Waals surface area contributed by atoms with Gasteiger partial charge >= 0.3 is 0 Å². The van der Waals surface area contributed by atoms with Crippen LogP contribution in [0.25, 0.3) is 0 Å². The van der Waals surface area contributed by atoms with Crippen LogP contribution in [0.3, 0.4) is 0 Å². The van der Waals surface area contributed by atoms with Crippen LogP contribution in [-0.4, -0.2) is 26.0 Å². The van der Waals surface area contributed by atoms with Crippen LogP contribution in [0.4, 0.5) is 0 Å². The van der Waals surface area contributed by atoms with Gasteiger partial charge in [0.25, 0.3) is 0 Å². The lowest BCUT2D eigenvalue weighted by Crippen LogP contribution is -2.30. The lowest BCUT2D eigenvalue weighted by molar-refractivity contribution is 0.570. The highest BCUT2D eigenvalue weighted by Crippen LogP contribution is 2.05. The molecule has 1 unspecified atom stereocenters. The average molecular weight is 179 g/mol. The van der Waals surface area contributed by atoms with Crippen molar-refractivity contribution in [1.29, 1.82) is 0 Å². The monoisotopic (exact) mass is 179 g/mol. The minimum absolute atomic E-state index is 0.189. The molecule has 11 heavy (non-hydrogen) atoms. The molecule has 4 heteroatoms. The first kappa shape index (κ1) is 10.9. The second kappa shape index (κ2) is 4.07. The fourth-order valence-corrected chi connectivity index (χ4v) is 2.33. The summed E-state index contributed by atoms with van der Waals surface area (Å²) in [5.41, 5.74) is 5.25. The van der Waals surface area contributed by atoms with Gasteiger partial charge in [-0.15, -0.1) is 0 Å². The molecule has 0 heterocycles. The second-order valence-electron chi connectivity index (χ2n) is 3.27. The van der Waals surface area contributed by atoms with Crippen LogP contribution in [0.1, 0.15) is 20.8 Å². The highest BCUT2D eigenvalue weighted by molar-refractivity contribution is 7.92. The number of sulfone groups is 1.